The summed E-state index contributed by atoms with van der Waals surface area (Å²) in [4.78, 5) is 24.6. The van der Waals surface area contributed by atoms with Gasteiger partial charge in [-0.25, -0.2) is 14.6 Å². The molecule has 1 aliphatic heterocycles. The molecule has 2 aromatic carbocycles. The highest BCUT2D eigenvalue weighted by Crippen LogP contribution is 2.35. The van der Waals surface area contributed by atoms with Crippen molar-refractivity contribution in [2.45, 2.75) is 18.3 Å². The van der Waals surface area contributed by atoms with Gasteiger partial charge in [0.1, 0.15) is 11.5 Å². The topological polar surface area (TPSA) is 103 Å². The van der Waals surface area contributed by atoms with Crippen molar-refractivity contribution >= 4 is 35.0 Å². The fraction of sp³-hybridized carbons (Fsp3) is 0.211. The number of benzene rings is 2. The second-order valence-electron chi connectivity index (χ2n) is 6.87. The van der Waals surface area contributed by atoms with Crippen molar-refractivity contribution in [3.8, 4) is 5.75 Å². The van der Waals surface area contributed by atoms with Gasteiger partial charge in [0.2, 0.25) is 0 Å². The average molecular weight is 455 g/mol. The summed E-state index contributed by atoms with van der Waals surface area (Å²) in [5.41, 5.74) is 0.130. The summed E-state index contributed by atoms with van der Waals surface area (Å²) in [7, 11) is 0. The van der Waals surface area contributed by atoms with E-state index in [1.165, 1.54) is 12.1 Å². The van der Waals surface area contributed by atoms with Crippen molar-refractivity contribution in [1.29, 1.82) is 0 Å². The van der Waals surface area contributed by atoms with E-state index in [9.17, 15) is 27.9 Å². The van der Waals surface area contributed by atoms with Crippen LogP contribution in [0.5, 0.6) is 5.75 Å². The molecule has 0 spiro atoms. The Bertz CT molecular complexity index is 1090. The van der Waals surface area contributed by atoms with E-state index in [0.29, 0.717) is 16.1 Å². The van der Waals surface area contributed by atoms with Crippen LogP contribution in [0, 0.1) is 0 Å². The molecule has 2 amide bonds. The molecule has 1 aliphatic carbocycles. The molecule has 1 unspecified atom stereocenters. The molecular weight excluding hydrogens is 441 g/mol. The van der Waals surface area contributed by atoms with Gasteiger partial charge in [0.05, 0.1) is 6.67 Å². The molecule has 0 aromatic heterocycles. The Hall–Kier alpha value is -3.31. The number of aliphatic carboxylic acids is 1. The highest BCUT2D eigenvalue weighted by Gasteiger charge is 2.52. The van der Waals surface area contributed by atoms with Crippen molar-refractivity contribution in [2.24, 2.45) is 5.10 Å². The van der Waals surface area contributed by atoms with Crippen molar-refractivity contribution in [3.05, 3.63) is 58.6 Å². The smallest absolute Gasteiger partial charge is 0.480 e. The van der Waals surface area contributed by atoms with E-state index in [2.05, 4.69) is 20.5 Å². The predicted molar refractivity (Wildman–Crippen MR) is 104 cm³/mol. The average Bonchev–Trinajstić information content (AvgIpc) is 3.02. The zero-order valence-electron chi connectivity index (χ0n) is 15.5. The number of nitrogens with zero attached hydrogens (tertiary/aromatic N) is 2. The fourth-order valence-corrected chi connectivity index (χ4v) is 3.68. The Labute approximate surface area is 178 Å². The molecule has 12 heteroatoms. The molecule has 0 saturated carbocycles. The summed E-state index contributed by atoms with van der Waals surface area (Å²) in [6.45, 7) is -0.196. The molecule has 162 valence electrons. The summed E-state index contributed by atoms with van der Waals surface area (Å²) in [6, 6.07) is 8.76. The number of amides is 2. The van der Waals surface area contributed by atoms with Gasteiger partial charge in [-0.3, -0.25) is 5.32 Å². The third kappa shape index (κ3) is 4.01. The van der Waals surface area contributed by atoms with Crippen molar-refractivity contribution in [2.75, 3.05) is 12.0 Å². The summed E-state index contributed by atoms with van der Waals surface area (Å²) in [5, 5.41) is 20.9. The Morgan fingerprint density at radius 3 is 2.58 bits per heavy atom. The van der Waals surface area contributed by atoms with Crippen LogP contribution in [0.4, 0.5) is 23.7 Å². The second-order valence-corrected chi connectivity index (χ2v) is 7.31. The number of ether oxygens (including phenoxy) is 1. The van der Waals surface area contributed by atoms with Gasteiger partial charge in [0, 0.05) is 22.7 Å². The highest BCUT2D eigenvalue weighted by atomic mass is 35.5. The number of rotatable bonds is 3. The van der Waals surface area contributed by atoms with Crippen LogP contribution in [0.2, 0.25) is 5.02 Å². The normalized spacial score (nSPS) is 19.9. The molecule has 2 aromatic rings. The number of alkyl halides is 3. The van der Waals surface area contributed by atoms with Gasteiger partial charge in [-0.05, 0) is 42.0 Å². The van der Waals surface area contributed by atoms with Gasteiger partial charge < -0.3 is 15.2 Å². The number of carboxylic acids is 1. The van der Waals surface area contributed by atoms with Crippen molar-refractivity contribution < 1.29 is 32.6 Å². The molecule has 4 rings (SSSR count). The van der Waals surface area contributed by atoms with Crippen LogP contribution in [0.1, 0.15) is 11.1 Å². The minimum absolute atomic E-state index is 0.118. The monoisotopic (exact) mass is 454 g/mol. The Morgan fingerprint density at radius 1 is 1.23 bits per heavy atom. The van der Waals surface area contributed by atoms with E-state index in [4.69, 9.17) is 11.6 Å². The van der Waals surface area contributed by atoms with Crippen LogP contribution in [0.3, 0.4) is 0 Å². The first-order chi connectivity index (χ1) is 14.6. The Morgan fingerprint density at radius 2 is 1.94 bits per heavy atom. The van der Waals surface area contributed by atoms with E-state index in [0.717, 1.165) is 17.1 Å². The maximum Gasteiger partial charge on any atom is 0.573 e. The summed E-state index contributed by atoms with van der Waals surface area (Å²) < 4.78 is 40.5. The van der Waals surface area contributed by atoms with Gasteiger partial charge in [-0.2, -0.15) is 5.10 Å². The molecule has 0 bridgehead atoms. The number of nitrogens with one attached hydrogen (secondary N) is 2. The molecule has 31 heavy (non-hydrogen) atoms. The van der Waals surface area contributed by atoms with Gasteiger partial charge in [0.15, 0.2) is 5.54 Å². The molecule has 1 heterocycles. The number of carboxylic acid groups (broad SMARTS) is 1. The lowest BCUT2D eigenvalue weighted by Gasteiger charge is -2.34. The summed E-state index contributed by atoms with van der Waals surface area (Å²) in [5.74, 6) is -1.57. The third-order valence-electron chi connectivity index (χ3n) is 4.87. The van der Waals surface area contributed by atoms with Gasteiger partial charge in [-0.1, -0.05) is 17.7 Å². The van der Waals surface area contributed by atoms with Crippen molar-refractivity contribution in [3.63, 3.8) is 0 Å². The molecular formula is C19H14ClF3N4O4. The first-order valence-corrected chi connectivity index (χ1v) is 9.26. The highest BCUT2D eigenvalue weighted by molar-refractivity contribution is 6.31. The number of hydrogen-bond acceptors (Lipinski definition) is 5. The molecule has 0 radical (unpaired) electrons. The lowest BCUT2D eigenvalue weighted by molar-refractivity contribution is -0.274. The number of carbonyl (C=O) groups excluding carboxylic acids is 1. The maximum absolute atomic E-state index is 12.6. The quantitative estimate of drug-likeness (QED) is 0.659. The van der Waals surface area contributed by atoms with Crippen LogP contribution in [0.25, 0.3) is 0 Å². The van der Waals surface area contributed by atoms with Gasteiger partial charge in [-0.15, -0.1) is 13.2 Å². The van der Waals surface area contributed by atoms with Crippen LogP contribution in [0.15, 0.2) is 47.6 Å². The first-order valence-electron chi connectivity index (χ1n) is 8.88. The molecule has 0 fully saturated rings. The minimum atomic E-state index is -4.82. The number of urea groups is 1. The van der Waals surface area contributed by atoms with E-state index in [1.54, 1.807) is 18.2 Å². The predicted octanol–water partition coefficient (Wildman–Crippen LogP) is 3.42. The number of hydrogen-bond donors (Lipinski definition) is 3. The van der Waals surface area contributed by atoms with E-state index in [-0.39, 0.29) is 24.5 Å². The lowest BCUT2D eigenvalue weighted by atomic mass is 9.93. The molecule has 3 N–H and O–H groups in total. The molecule has 1 atom stereocenters. The van der Waals surface area contributed by atoms with Crippen LogP contribution in [-0.4, -0.2) is 46.4 Å². The van der Waals surface area contributed by atoms with Crippen LogP contribution >= 0.6 is 11.6 Å². The number of anilines is 1. The number of hydrazone groups is 1. The standard InChI is InChI=1S/C19H14ClF3N4O4/c20-11-1-6-14-10(7-11)8-18(16(28)29)15(14)26-27(9-24-18)17(30)25-12-2-4-13(5-3-12)31-19(21,22)23/h1-7,24H,8-9H2,(H,25,30)(H,28,29). The SMILES string of the molecule is O=C(Nc1ccc(OC(F)(F)F)cc1)N1CNC2(C(=O)O)Cc3cc(Cl)ccc3C2=N1. The van der Waals surface area contributed by atoms with Crippen molar-refractivity contribution in [1.82, 2.24) is 10.3 Å². The zero-order valence-corrected chi connectivity index (χ0v) is 16.3. The zero-order chi connectivity index (χ0) is 22.4. The summed E-state index contributed by atoms with van der Waals surface area (Å²) >= 11 is 6.01. The fourth-order valence-electron chi connectivity index (χ4n) is 3.49. The summed E-state index contributed by atoms with van der Waals surface area (Å²) in [6.07, 6.45) is -4.70. The number of halogens is 4. The number of fused-ring (bicyclic) bond motifs is 3. The minimum Gasteiger partial charge on any atom is -0.480 e. The number of carbonyl (C=O) groups is 2. The van der Waals surface area contributed by atoms with Gasteiger partial charge >= 0.3 is 18.4 Å². The van der Waals surface area contributed by atoms with Crippen LogP contribution < -0.4 is 15.4 Å². The maximum atomic E-state index is 12.6. The molecule has 8 nitrogen and oxygen atoms in total. The molecule has 0 saturated heterocycles. The lowest BCUT2D eigenvalue weighted by Crippen LogP contribution is -2.63. The first kappa shape index (κ1) is 20.9. The Kier molecular flexibility index (Phi) is 5.02. The second kappa shape index (κ2) is 7.43. The van der Waals surface area contributed by atoms with Crippen LogP contribution in [-0.2, 0) is 11.2 Å². The largest absolute Gasteiger partial charge is 0.573 e. The van der Waals surface area contributed by atoms with Gasteiger partial charge in [0.25, 0.3) is 0 Å². The molecule has 2 aliphatic rings. The third-order valence-corrected chi connectivity index (χ3v) is 5.11. The Balaban J connectivity index is 1.56. The van der Waals surface area contributed by atoms with E-state index < -0.39 is 29.7 Å². The van der Waals surface area contributed by atoms with E-state index in [1.807, 2.05) is 0 Å². The van der Waals surface area contributed by atoms with E-state index >= 15 is 0 Å².